The number of hydrogen-bond acceptors (Lipinski definition) is 7. The molecular formula is C16H20N4O2S2. The van der Waals surface area contributed by atoms with Gasteiger partial charge in [0.1, 0.15) is 0 Å². The quantitative estimate of drug-likeness (QED) is 0.735. The Morgan fingerprint density at radius 3 is 3.08 bits per heavy atom. The van der Waals surface area contributed by atoms with Crippen molar-refractivity contribution in [2.45, 2.75) is 30.2 Å². The SMILES string of the molecule is Cc1ccccc1NC(=O)CSc1nnc(NCC2CCCO2)s1. The largest absolute Gasteiger partial charge is 0.376 e. The first-order chi connectivity index (χ1) is 11.7. The maximum Gasteiger partial charge on any atom is 0.234 e. The molecule has 0 radical (unpaired) electrons. The van der Waals surface area contributed by atoms with E-state index >= 15 is 0 Å². The number of benzene rings is 1. The lowest BCUT2D eigenvalue weighted by atomic mass is 10.2. The molecule has 1 aliphatic heterocycles. The van der Waals surface area contributed by atoms with Gasteiger partial charge in [0.15, 0.2) is 4.34 Å². The van der Waals surface area contributed by atoms with Gasteiger partial charge in [-0.15, -0.1) is 10.2 Å². The molecule has 1 amide bonds. The minimum Gasteiger partial charge on any atom is -0.376 e. The summed E-state index contributed by atoms with van der Waals surface area (Å²) < 4.78 is 6.34. The molecule has 0 saturated carbocycles. The maximum atomic E-state index is 12.0. The highest BCUT2D eigenvalue weighted by Gasteiger charge is 2.16. The summed E-state index contributed by atoms with van der Waals surface area (Å²) in [5, 5.41) is 15.1. The van der Waals surface area contributed by atoms with Crippen molar-refractivity contribution in [2.75, 3.05) is 29.5 Å². The summed E-state index contributed by atoms with van der Waals surface area (Å²) in [5.41, 5.74) is 1.90. The lowest BCUT2D eigenvalue weighted by Gasteiger charge is -2.08. The fraction of sp³-hybridized carbons (Fsp3) is 0.438. The third-order valence-electron chi connectivity index (χ3n) is 3.66. The number of carbonyl (C=O) groups is 1. The Hall–Kier alpha value is -1.64. The molecular weight excluding hydrogens is 344 g/mol. The number of amides is 1. The monoisotopic (exact) mass is 364 g/mol. The fourth-order valence-corrected chi connectivity index (χ4v) is 3.93. The second-order valence-electron chi connectivity index (χ2n) is 5.54. The average Bonchev–Trinajstić information content (AvgIpc) is 3.25. The first kappa shape index (κ1) is 17.2. The summed E-state index contributed by atoms with van der Waals surface area (Å²) in [5.74, 6) is 0.271. The van der Waals surface area contributed by atoms with Gasteiger partial charge in [-0.25, -0.2) is 0 Å². The Morgan fingerprint density at radius 2 is 2.29 bits per heavy atom. The molecule has 0 bridgehead atoms. The van der Waals surface area contributed by atoms with Gasteiger partial charge in [0, 0.05) is 18.8 Å². The Bertz CT molecular complexity index is 686. The van der Waals surface area contributed by atoms with Crippen LogP contribution >= 0.6 is 23.1 Å². The molecule has 2 N–H and O–H groups in total. The number of aromatic nitrogens is 2. The minimum atomic E-state index is -0.0432. The molecule has 1 aromatic carbocycles. The van der Waals surface area contributed by atoms with Gasteiger partial charge in [-0.05, 0) is 31.4 Å². The van der Waals surface area contributed by atoms with Crippen molar-refractivity contribution in [3.05, 3.63) is 29.8 Å². The Labute approximate surface area is 149 Å². The van der Waals surface area contributed by atoms with Gasteiger partial charge >= 0.3 is 0 Å². The van der Waals surface area contributed by atoms with Crippen LogP contribution in [0, 0.1) is 6.92 Å². The van der Waals surface area contributed by atoms with Crippen molar-refractivity contribution in [2.24, 2.45) is 0 Å². The Balaban J connectivity index is 1.43. The lowest BCUT2D eigenvalue weighted by Crippen LogP contribution is -2.18. The number of thioether (sulfide) groups is 1. The number of para-hydroxylation sites is 1. The van der Waals surface area contributed by atoms with E-state index in [0.717, 1.165) is 46.7 Å². The average molecular weight is 364 g/mol. The number of hydrogen-bond donors (Lipinski definition) is 2. The summed E-state index contributed by atoms with van der Waals surface area (Å²) in [6, 6.07) is 7.73. The second kappa shape index (κ2) is 8.46. The number of nitrogens with one attached hydrogen (secondary N) is 2. The molecule has 6 nitrogen and oxygen atoms in total. The smallest absolute Gasteiger partial charge is 0.234 e. The first-order valence-corrected chi connectivity index (χ1v) is 9.68. The molecule has 1 fully saturated rings. The van der Waals surface area contributed by atoms with E-state index in [-0.39, 0.29) is 12.0 Å². The summed E-state index contributed by atoms with van der Waals surface area (Å²) in [6.07, 6.45) is 2.48. The van der Waals surface area contributed by atoms with Crippen LogP contribution in [0.1, 0.15) is 18.4 Å². The van der Waals surface area contributed by atoms with Crippen LogP contribution in [-0.4, -0.2) is 41.1 Å². The molecule has 1 aromatic heterocycles. The van der Waals surface area contributed by atoms with Crippen molar-refractivity contribution >= 4 is 39.8 Å². The van der Waals surface area contributed by atoms with Gasteiger partial charge in [-0.2, -0.15) is 0 Å². The number of ether oxygens (including phenoxy) is 1. The molecule has 1 unspecified atom stereocenters. The van der Waals surface area contributed by atoms with Crippen LogP contribution in [0.2, 0.25) is 0 Å². The molecule has 128 valence electrons. The van der Waals surface area contributed by atoms with E-state index in [1.54, 1.807) is 0 Å². The molecule has 1 atom stereocenters. The topological polar surface area (TPSA) is 76.1 Å². The van der Waals surface area contributed by atoms with Crippen LogP contribution in [0.3, 0.4) is 0 Å². The third-order valence-corrected chi connectivity index (χ3v) is 5.67. The number of nitrogens with zero attached hydrogens (tertiary/aromatic N) is 2. The lowest BCUT2D eigenvalue weighted by molar-refractivity contribution is -0.113. The van der Waals surface area contributed by atoms with Crippen LogP contribution in [0.25, 0.3) is 0 Å². The first-order valence-electron chi connectivity index (χ1n) is 7.88. The third kappa shape index (κ3) is 4.93. The number of carbonyl (C=O) groups excluding carboxylic acids is 1. The van der Waals surface area contributed by atoms with Gasteiger partial charge in [-0.1, -0.05) is 41.3 Å². The molecule has 1 saturated heterocycles. The zero-order valence-corrected chi connectivity index (χ0v) is 15.1. The summed E-state index contributed by atoms with van der Waals surface area (Å²) in [6.45, 7) is 3.58. The van der Waals surface area contributed by atoms with Crippen LogP contribution in [0.4, 0.5) is 10.8 Å². The van der Waals surface area contributed by atoms with Crippen LogP contribution in [0.5, 0.6) is 0 Å². The minimum absolute atomic E-state index is 0.0432. The number of aryl methyl sites for hydroxylation is 1. The van der Waals surface area contributed by atoms with Crippen molar-refractivity contribution in [1.29, 1.82) is 0 Å². The van der Waals surface area contributed by atoms with E-state index in [1.807, 2.05) is 31.2 Å². The molecule has 2 aromatic rings. The van der Waals surface area contributed by atoms with Gasteiger partial charge < -0.3 is 15.4 Å². The predicted octanol–water partition coefficient (Wildman–Crippen LogP) is 3.17. The maximum absolute atomic E-state index is 12.0. The van der Waals surface area contributed by atoms with Crippen molar-refractivity contribution in [3.8, 4) is 0 Å². The number of rotatable bonds is 7. The Morgan fingerprint density at radius 1 is 1.42 bits per heavy atom. The van der Waals surface area contributed by atoms with Gasteiger partial charge in [-0.3, -0.25) is 4.79 Å². The molecule has 3 rings (SSSR count). The fourth-order valence-electron chi connectivity index (χ4n) is 2.37. The highest BCUT2D eigenvalue weighted by molar-refractivity contribution is 8.01. The predicted molar refractivity (Wildman–Crippen MR) is 97.9 cm³/mol. The molecule has 24 heavy (non-hydrogen) atoms. The molecule has 0 spiro atoms. The summed E-state index contributed by atoms with van der Waals surface area (Å²) >= 11 is 2.86. The summed E-state index contributed by atoms with van der Waals surface area (Å²) in [7, 11) is 0. The van der Waals surface area contributed by atoms with Gasteiger partial charge in [0.2, 0.25) is 11.0 Å². The van der Waals surface area contributed by atoms with Crippen LogP contribution < -0.4 is 10.6 Å². The van der Waals surface area contributed by atoms with E-state index in [2.05, 4.69) is 20.8 Å². The molecule has 2 heterocycles. The standard InChI is InChI=1S/C16H20N4O2S2/c1-11-5-2-3-7-13(11)18-14(21)10-23-16-20-19-15(24-16)17-9-12-6-4-8-22-12/h2-3,5,7,12H,4,6,8-10H2,1H3,(H,17,19)(H,18,21). The normalized spacial score (nSPS) is 17.0. The van der Waals surface area contributed by atoms with Crippen LogP contribution in [-0.2, 0) is 9.53 Å². The highest BCUT2D eigenvalue weighted by atomic mass is 32.2. The van der Waals surface area contributed by atoms with E-state index in [9.17, 15) is 4.79 Å². The summed E-state index contributed by atoms with van der Waals surface area (Å²) in [4.78, 5) is 12.0. The van der Waals surface area contributed by atoms with E-state index in [0.29, 0.717) is 5.75 Å². The van der Waals surface area contributed by atoms with E-state index in [1.165, 1.54) is 23.1 Å². The number of anilines is 2. The zero-order valence-electron chi connectivity index (χ0n) is 13.4. The van der Waals surface area contributed by atoms with Gasteiger partial charge in [0.05, 0.1) is 11.9 Å². The zero-order chi connectivity index (χ0) is 16.8. The van der Waals surface area contributed by atoms with E-state index in [4.69, 9.17) is 4.74 Å². The van der Waals surface area contributed by atoms with Crippen molar-refractivity contribution in [3.63, 3.8) is 0 Å². The van der Waals surface area contributed by atoms with Gasteiger partial charge in [0.25, 0.3) is 0 Å². The van der Waals surface area contributed by atoms with E-state index < -0.39 is 0 Å². The molecule has 8 heteroatoms. The highest BCUT2D eigenvalue weighted by Crippen LogP contribution is 2.26. The van der Waals surface area contributed by atoms with Crippen LogP contribution in [0.15, 0.2) is 28.6 Å². The van der Waals surface area contributed by atoms with Crippen molar-refractivity contribution in [1.82, 2.24) is 10.2 Å². The Kier molecular flexibility index (Phi) is 6.06. The second-order valence-corrected chi connectivity index (χ2v) is 7.74. The molecule has 1 aliphatic rings. The molecule has 0 aliphatic carbocycles. The van der Waals surface area contributed by atoms with Crippen molar-refractivity contribution < 1.29 is 9.53 Å².